The number of nitrogens with zero attached hydrogens (tertiary/aromatic N) is 2. The Labute approximate surface area is 119 Å². The minimum atomic E-state index is -0.365. The third-order valence-corrected chi connectivity index (χ3v) is 4.61. The van der Waals surface area contributed by atoms with E-state index in [0.29, 0.717) is 12.4 Å². The van der Waals surface area contributed by atoms with Crippen molar-refractivity contribution in [1.29, 1.82) is 0 Å². The van der Waals surface area contributed by atoms with Gasteiger partial charge in [0.25, 0.3) is 0 Å². The molecule has 1 spiro atoms. The number of amides is 2. The Morgan fingerprint density at radius 3 is 2.55 bits per heavy atom. The third kappa shape index (κ3) is 1.99. The molecule has 2 N–H and O–H groups in total. The van der Waals surface area contributed by atoms with Crippen LogP contribution in [0.4, 0.5) is 4.79 Å². The molecule has 1 unspecified atom stereocenters. The third-order valence-electron chi connectivity index (χ3n) is 4.61. The molecule has 1 aliphatic carbocycles. The highest BCUT2D eigenvalue weighted by Crippen LogP contribution is 2.49. The first-order valence-electron chi connectivity index (χ1n) is 7.13. The summed E-state index contributed by atoms with van der Waals surface area (Å²) in [7, 11) is 0. The predicted molar refractivity (Wildman–Crippen MR) is 79.4 cm³/mol. The van der Waals surface area contributed by atoms with Gasteiger partial charge < -0.3 is 10.6 Å². The van der Waals surface area contributed by atoms with Gasteiger partial charge in [0.1, 0.15) is 11.4 Å². The fourth-order valence-electron chi connectivity index (χ4n) is 3.54. The fourth-order valence-corrected chi connectivity index (χ4v) is 3.54. The molecule has 4 heteroatoms. The number of nitrogens with two attached hydrogens (primary N) is 1. The predicted octanol–water partition coefficient (Wildman–Crippen LogP) is 2.93. The Hall–Kier alpha value is -1.84. The lowest BCUT2D eigenvalue weighted by atomic mass is 9.86. The molecule has 3 rings (SSSR count). The Morgan fingerprint density at radius 1 is 1.25 bits per heavy atom. The number of urea groups is 1. The van der Waals surface area contributed by atoms with E-state index in [1.165, 1.54) is 0 Å². The molecule has 0 saturated heterocycles. The number of benzene rings is 1. The van der Waals surface area contributed by atoms with E-state index in [1.54, 1.807) is 0 Å². The number of aliphatic imine (C=N–C) groups is 1. The second kappa shape index (κ2) is 4.33. The summed E-state index contributed by atoms with van der Waals surface area (Å²) in [4.78, 5) is 18.1. The van der Waals surface area contributed by atoms with Crippen molar-refractivity contribution >= 4 is 11.9 Å². The van der Waals surface area contributed by atoms with E-state index < -0.39 is 0 Å². The maximum Gasteiger partial charge on any atom is 0.346 e. The number of hydrogen-bond acceptors (Lipinski definition) is 2. The summed E-state index contributed by atoms with van der Waals surface area (Å²) in [5.41, 5.74) is 7.08. The molecule has 1 fully saturated rings. The molecule has 1 heterocycles. The van der Waals surface area contributed by atoms with Crippen molar-refractivity contribution in [2.45, 2.75) is 45.2 Å². The van der Waals surface area contributed by atoms with Gasteiger partial charge >= 0.3 is 6.03 Å². The molecule has 0 radical (unpaired) electrons. The minimum absolute atomic E-state index is 0.191. The van der Waals surface area contributed by atoms with E-state index in [2.05, 4.69) is 18.8 Å². The highest BCUT2D eigenvalue weighted by atomic mass is 16.2. The molecule has 1 aromatic rings. The van der Waals surface area contributed by atoms with Gasteiger partial charge in [0, 0.05) is 6.54 Å². The van der Waals surface area contributed by atoms with E-state index >= 15 is 0 Å². The van der Waals surface area contributed by atoms with Gasteiger partial charge in [-0.3, -0.25) is 0 Å². The quantitative estimate of drug-likeness (QED) is 0.899. The Kier molecular flexibility index (Phi) is 2.85. The van der Waals surface area contributed by atoms with Crippen LogP contribution in [0.5, 0.6) is 0 Å². The molecule has 2 amide bonds. The zero-order valence-corrected chi connectivity index (χ0v) is 12.1. The van der Waals surface area contributed by atoms with Crippen molar-refractivity contribution in [3.8, 4) is 0 Å². The summed E-state index contributed by atoms with van der Waals surface area (Å²) < 4.78 is 0. The van der Waals surface area contributed by atoms with Gasteiger partial charge in [0.15, 0.2) is 0 Å². The van der Waals surface area contributed by atoms with Crippen LogP contribution in [0.15, 0.2) is 35.3 Å². The summed E-state index contributed by atoms with van der Waals surface area (Å²) in [6.07, 6.45) is 2.88. The standard InChI is InChI=1S/C16H21N3O/c1-15(2)8-9-16(11-15)13(17)18-14(20)19(16)10-12-6-4-3-5-7-12/h3-7H,8-11H2,1-2H3,(H2,17,18,20). The van der Waals surface area contributed by atoms with Gasteiger partial charge in [-0.15, -0.1) is 0 Å². The lowest BCUT2D eigenvalue weighted by molar-refractivity contribution is 0.161. The topological polar surface area (TPSA) is 58.7 Å². The van der Waals surface area contributed by atoms with Crippen molar-refractivity contribution < 1.29 is 4.79 Å². The maximum absolute atomic E-state index is 12.2. The van der Waals surface area contributed by atoms with Crippen LogP contribution in [0.1, 0.15) is 38.7 Å². The summed E-state index contributed by atoms with van der Waals surface area (Å²) in [6.45, 7) is 5.05. The van der Waals surface area contributed by atoms with Crippen molar-refractivity contribution in [2.24, 2.45) is 16.1 Å². The first-order chi connectivity index (χ1) is 9.43. The first-order valence-corrected chi connectivity index (χ1v) is 7.13. The van der Waals surface area contributed by atoms with E-state index in [4.69, 9.17) is 5.73 Å². The number of carbonyl (C=O) groups excluding carboxylic acids is 1. The highest BCUT2D eigenvalue weighted by Gasteiger charge is 2.54. The fraction of sp³-hybridized carbons (Fsp3) is 0.500. The van der Waals surface area contributed by atoms with Crippen molar-refractivity contribution in [2.75, 3.05) is 0 Å². The maximum atomic E-state index is 12.2. The van der Waals surface area contributed by atoms with Gasteiger partial charge in [-0.25, -0.2) is 4.79 Å². The van der Waals surface area contributed by atoms with Crippen LogP contribution in [0.3, 0.4) is 0 Å². The van der Waals surface area contributed by atoms with Gasteiger partial charge in [0.05, 0.1) is 0 Å². The largest absolute Gasteiger partial charge is 0.385 e. The zero-order chi connectivity index (χ0) is 14.4. The van der Waals surface area contributed by atoms with Crippen LogP contribution in [-0.2, 0) is 6.54 Å². The van der Waals surface area contributed by atoms with Gasteiger partial charge in [0.2, 0.25) is 0 Å². The zero-order valence-electron chi connectivity index (χ0n) is 12.1. The van der Waals surface area contributed by atoms with Crippen LogP contribution < -0.4 is 5.73 Å². The van der Waals surface area contributed by atoms with Gasteiger partial charge in [-0.2, -0.15) is 4.99 Å². The molecule has 106 valence electrons. The summed E-state index contributed by atoms with van der Waals surface area (Å²) in [6, 6.07) is 9.85. The van der Waals surface area contributed by atoms with Crippen molar-refractivity contribution in [1.82, 2.24) is 4.90 Å². The van der Waals surface area contributed by atoms with Crippen LogP contribution in [-0.4, -0.2) is 22.3 Å². The van der Waals surface area contributed by atoms with Crippen LogP contribution in [0.2, 0.25) is 0 Å². The molecule has 0 aromatic heterocycles. The van der Waals surface area contributed by atoms with Crippen LogP contribution >= 0.6 is 0 Å². The molecule has 20 heavy (non-hydrogen) atoms. The van der Waals surface area contributed by atoms with E-state index in [9.17, 15) is 4.79 Å². The van der Waals surface area contributed by atoms with E-state index in [1.807, 2.05) is 35.2 Å². The van der Waals surface area contributed by atoms with E-state index in [0.717, 1.165) is 24.8 Å². The SMILES string of the molecule is CC1(C)CCC2(C1)C(N)=NC(=O)N2Cc1ccccc1. The lowest BCUT2D eigenvalue weighted by Crippen LogP contribution is -2.52. The smallest absolute Gasteiger partial charge is 0.346 e. The molecule has 1 aromatic carbocycles. The second-order valence-corrected chi connectivity index (χ2v) is 6.72. The number of carbonyl (C=O) groups is 1. The average Bonchev–Trinajstić information content (AvgIpc) is 2.84. The lowest BCUT2D eigenvalue weighted by Gasteiger charge is -2.35. The summed E-state index contributed by atoms with van der Waals surface area (Å²) in [5.74, 6) is 0.504. The van der Waals surface area contributed by atoms with Gasteiger partial charge in [-0.05, 0) is 30.2 Å². The highest BCUT2D eigenvalue weighted by molar-refractivity contribution is 6.06. The molecule has 2 aliphatic rings. The minimum Gasteiger partial charge on any atom is -0.385 e. The first kappa shape index (κ1) is 13.2. The normalized spacial score (nSPS) is 28.2. The summed E-state index contributed by atoms with van der Waals surface area (Å²) >= 11 is 0. The second-order valence-electron chi connectivity index (χ2n) is 6.72. The Bertz CT molecular complexity index is 564. The number of amidine groups is 1. The molecule has 1 aliphatic heterocycles. The molecule has 0 bridgehead atoms. The monoisotopic (exact) mass is 271 g/mol. The van der Waals surface area contributed by atoms with Crippen LogP contribution in [0.25, 0.3) is 0 Å². The molecule has 1 atom stereocenters. The summed E-state index contributed by atoms with van der Waals surface area (Å²) in [5, 5.41) is 0. The van der Waals surface area contributed by atoms with Crippen LogP contribution in [0, 0.1) is 5.41 Å². The van der Waals surface area contributed by atoms with E-state index in [-0.39, 0.29) is 17.0 Å². The van der Waals surface area contributed by atoms with Gasteiger partial charge in [-0.1, -0.05) is 44.2 Å². The Balaban J connectivity index is 1.91. The number of rotatable bonds is 2. The molecule has 1 saturated carbocycles. The van der Waals surface area contributed by atoms with Crippen molar-refractivity contribution in [3.05, 3.63) is 35.9 Å². The Morgan fingerprint density at radius 2 is 1.95 bits per heavy atom. The molecular weight excluding hydrogens is 250 g/mol. The van der Waals surface area contributed by atoms with Crippen molar-refractivity contribution in [3.63, 3.8) is 0 Å². The number of hydrogen-bond donors (Lipinski definition) is 1. The average molecular weight is 271 g/mol. The molecular formula is C16H21N3O. The molecule has 4 nitrogen and oxygen atoms in total.